The molecule has 0 atom stereocenters. The molecule has 0 aliphatic rings. The van der Waals surface area contributed by atoms with Crippen LogP contribution in [0.1, 0.15) is 51.6 Å². The van der Waals surface area contributed by atoms with Gasteiger partial charge in [-0.3, -0.25) is 9.59 Å². The molecule has 33 heavy (non-hydrogen) atoms. The molecule has 0 spiro atoms. The van der Waals surface area contributed by atoms with E-state index in [1.165, 1.54) is 16.9 Å². The molecule has 174 valence electrons. The van der Waals surface area contributed by atoms with Crippen LogP contribution in [0.5, 0.6) is 11.5 Å². The number of nitrogens with zero attached hydrogens (tertiary/aromatic N) is 1. The Morgan fingerprint density at radius 3 is 2.33 bits per heavy atom. The maximum absolute atomic E-state index is 13.0. The number of benzene rings is 2. The molecule has 2 aromatic carbocycles. The number of nitrogens with one attached hydrogen (secondary N) is 1. The number of thiophene rings is 1. The first-order valence-corrected chi connectivity index (χ1v) is 11.7. The van der Waals surface area contributed by atoms with Crippen molar-refractivity contribution in [3.63, 3.8) is 0 Å². The van der Waals surface area contributed by atoms with Crippen molar-refractivity contribution in [1.82, 2.24) is 4.90 Å². The molecule has 6 nitrogen and oxygen atoms in total. The summed E-state index contributed by atoms with van der Waals surface area (Å²) in [6, 6.07) is 15.0. The van der Waals surface area contributed by atoms with E-state index in [1.54, 1.807) is 32.2 Å². The third kappa shape index (κ3) is 5.93. The lowest BCUT2D eigenvalue weighted by molar-refractivity contribution is 0.0798. The van der Waals surface area contributed by atoms with E-state index >= 15 is 0 Å². The lowest BCUT2D eigenvalue weighted by atomic mass is 10.0. The highest BCUT2D eigenvalue weighted by atomic mass is 32.1. The van der Waals surface area contributed by atoms with Crippen molar-refractivity contribution < 1.29 is 19.1 Å². The summed E-state index contributed by atoms with van der Waals surface area (Å²) >= 11 is 1.34. The molecule has 1 heterocycles. The Hall–Kier alpha value is -3.32. The van der Waals surface area contributed by atoms with E-state index in [-0.39, 0.29) is 11.8 Å². The number of likely N-dealkylation sites (N-methyl/N-ethyl adjacent to an activating group) is 1. The first kappa shape index (κ1) is 24.3. The van der Waals surface area contributed by atoms with Crippen LogP contribution < -0.4 is 14.8 Å². The predicted molar refractivity (Wildman–Crippen MR) is 133 cm³/mol. The van der Waals surface area contributed by atoms with Crippen molar-refractivity contribution in [1.29, 1.82) is 0 Å². The van der Waals surface area contributed by atoms with E-state index in [0.29, 0.717) is 46.5 Å². The fourth-order valence-electron chi connectivity index (χ4n) is 3.41. The average molecular weight is 467 g/mol. The summed E-state index contributed by atoms with van der Waals surface area (Å²) in [5, 5.41) is 5.26. The second kappa shape index (κ2) is 11.0. The van der Waals surface area contributed by atoms with E-state index < -0.39 is 0 Å². The van der Waals surface area contributed by atoms with Gasteiger partial charge in [0.1, 0.15) is 5.00 Å². The Kier molecular flexibility index (Phi) is 8.11. The van der Waals surface area contributed by atoms with Crippen molar-refractivity contribution in [2.75, 3.05) is 33.1 Å². The molecular weight excluding hydrogens is 436 g/mol. The van der Waals surface area contributed by atoms with Crippen LogP contribution in [0.15, 0.2) is 53.9 Å². The Labute approximate surface area is 199 Å². The van der Waals surface area contributed by atoms with Crippen LogP contribution in [0, 0.1) is 0 Å². The smallest absolute Gasteiger partial charge is 0.256 e. The third-order valence-electron chi connectivity index (χ3n) is 5.49. The highest BCUT2D eigenvalue weighted by molar-refractivity contribution is 7.14. The van der Waals surface area contributed by atoms with Gasteiger partial charge in [0, 0.05) is 19.2 Å². The Morgan fingerprint density at radius 2 is 1.70 bits per heavy atom. The summed E-state index contributed by atoms with van der Waals surface area (Å²) in [6.07, 6.45) is 0.663. The quantitative estimate of drug-likeness (QED) is 0.455. The highest BCUT2D eigenvalue weighted by Gasteiger charge is 2.19. The molecule has 0 saturated heterocycles. The second-order valence-electron chi connectivity index (χ2n) is 8.06. The third-order valence-corrected chi connectivity index (χ3v) is 6.32. The van der Waals surface area contributed by atoms with Gasteiger partial charge in [-0.15, -0.1) is 11.3 Å². The van der Waals surface area contributed by atoms with E-state index in [9.17, 15) is 9.59 Å². The van der Waals surface area contributed by atoms with E-state index in [4.69, 9.17) is 9.47 Å². The monoisotopic (exact) mass is 466 g/mol. The number of anilines is 1. The van der Waals surface area contributed by atoms with Crippen LogP contribution in [0.25, 0.3) is 0 Å². The minimum absolute atomic E-state index is 0.137. The van der Waals surface area contributed by atoms with Crippen LogP contribution in [-0.4, -0.2) is 44.5 Å². The van der Waals surface area contributed by atoms with Gasteiger partial charge in [0.15, 0.2) is 11.5 Å². The molecule has 2 amide bonds. The zero-order chi connectivity index (χ0) is 24.0. The summed E-state index contributed by atoms with van der Waals surface area (Å²) in [6.45, 7) is 4.74. The number of carbonyl (C=O) groups excluding carboxylic acids is 2. The lowest BCUT2D eigenvalue weighted by Gasteiger charge is -2.18. The Bertz CT molecular complexity index is 1110. The number of ether oxygens (including phenoxy) is 2. The lowest BCUT2D eigenvalue weighted by Crippen LogP contribution is -2.29. The molecule has 3 aromatic rings. The Balaban J connectivity index is 1.64. The molecule has 0 unspecified atom stereocenters. The Morgan fingerprint density at radius 1 is 1.00 bits per heavy atom. The molecule has 0 bridgehead atoms. The van der Waals surface area contributed by atoms with Gasteiger partial charge in [-0.05, 0) is 59.2 Å². The molecule has 0 aliphatic carbocycles. The summed E-state index contributed by atoms with van der Waals surface area (Å²) in [4.78, 5) is 27.4. The molecule has 0 aliphatic heterocycles. The molecule has 7 heteroatoms. The zero-order valence-corrected chi connectivity index (χ0v) is 20.5. The average Bonchev–Trinajstić information content (AvgIpc) is 3.29. The zero-order valence-electron chi connectivity index (χ0n) is 19.7. The van der Waals surface area contributed by atoms with Crippen molar-refractivity contribution in [3.8, 4) is 11.5 Å². The standard InChI is InChI=1S/C26H30N2O4S/c1-17(2)19-7-9-20(10-8-19)24(29)27-25-21(13-15-33-25)26(30)28(3)14-12-18-6-11-22(31-4)23(16-18)32-5/h6-11,13,15-17H,12,14H2,1-5H3,(H,27,29). The van der Waals surface area contributed by atoms with Crippen molar-refractivity contribution >= 4 is 28.2 Å². The van der Waals surface area contributed by atoms with Crippen LogP contribution in [0.4, 0.5) is 5.00 Å². The van der Waals surface area contributed by atoms with Gasteiger partial charge < -0.3 is 19.7 Å². The normalized spacial score (nSPS) is 10.7. The van der Waals surface area contributed by atoms with Crippen molar-refractivity contribution in [2.45, 2.75) is 26.2 Å². The highest BCUT2D eigenvalue weighted by Crippen LogP contribution is 2.28. The van der Waals surface area contributed by atoms with Gasteiger partial charge in [0.25, 0.3) is 11.8 Å². The first-order chi connectivity index (χ1) is 15.8. The minimum Gasteiger partial charge on any atom is -0.493 e. The van der Waals surface area contributed by atoms with Crippen molar-refractivity contribution in [3.05, 3.63) is 76.2 Å². The number of amides is 2. The van der Waals surface area contributed by atoms with Crippen LogP contribution in [0.2, 0.25) is 0 Å². The predicted octanol–water partition coefficient (Wildman–Crippen LogP) is 5.46. The number of rotatable bonds is 9. The van der Waals surface area contributed by atoms with Gasteiger partial charge >= 0.3 is 0 Å². The van der Waals surface area contributed by atoms with E-state index in [1.807, 2.05) is 47.8 Å². The van der Waals surface area contributed by atoms with Gasteiger partial charge in [0.2, 0.25) is 0 Å². The van der Waals surface area contributed by atoms with Crippen LogP contribution >= 0.6 is 11.3 Å². The first-order valence-electron chi connectivity index (χ1n) is 10.8. The summed E-state index contributed by atoms with van der Waals surface area (Å²) < 4.78 is 10.6. The fraction of sp³-hybridized carbons (Fsp3) is 0.308. The topological polar surface area (TPSA) is 67.9 Å². The van der Waals surface area contributed by atoms with Gasteiger partial charge in [0.05, 0.1) is 19.8 Å². The molecule has 1 aromatic heterocycles. The number of hydrogen-bond donors (Lipinski definition) is 1. The van der Waals surface area contributed by atoms with Gasteiger partial charge in [-0.2, -0.15) is 0 Å². The summed E-state index contributed by atoms with van der Waals surface area (Å²) in [5.74, 6) is 1.37. The number of carbonyl (C=O) groups is 2. The number of hydrogen-bond acceptors (Lipinski definition) is 5. The molecular formula is C26H30N2O4S. The van der Waals surface area contributed by atoms with Crippen LogP contribution in [0.3, 0.4) is 0 Å². The number of methoxy groups -OCH3 is 2. The molecule has 1 N–H and O–H groups in total. The van der Waals surface area contributed by atoms with Crippen LogP contribution in [-0.2, 0) is 6.42 Å². The molecule has 3 rings (SSSR count). The summed E-state index contributed by atoms with van der Waals surface area (Å²) in [7, 11) is 4.96. The summed E-state index contributed by atoms with van der Waals surface area (Å²) in [5.41, 5.74) is 3.26. The van der Waals surface area contributed by atoms with Gasteiger partial charge in [-0.25, -0.2) is 0 Å². The SMILES string of the molecule is COc1ccc(CCN(C)C(=O)c2ccsc2NC(=O)c2ccc(C(C)C)cc2)cc1OC. The molecule has 0 radical (unpaired) electrons. The molecule has 0 saturated carbocycles. The van der Waals surface area contributed by atoms with Crippen molar-refractivity contribution in [2.24, 2.45) is 0 Å². The minimum atomic E-state index is -0.227. The maximum Gasteiger partial charge on any atom is 0.256 e. The molecule has 0 fully saturated rings. The largest absolute Gasteiger partial charge is 0.493 e. The van der Waals surface area contributed by atoms with E-state index in [2.05, 4.69) is 19.2 Å². The second-order valence-corrected chi connectivity index (χ2v) is 8.98. The van der Waals surface area contributed by atoms with E-state index in [0.717, 1.165) is 5.56 Å². The maximum atomic E-state index is 13.0. The van der Waals surface area contributed by atoms with Gasteiger partial charge in [-0.1, -0.05) is 32.0 Å². The fourth-order valence-corrected chi connectivity index (χ4v) is 4.18.